The summed E-state index contributed by atoms with van der Waals surface area (Å²) in [6, 6.07) is 15.8. The van der Waals surface area contributed by atoms with E-state index in [2.05, 4.69) is 9.97 Å². The average Bonchev–Trinajstić information content (AvgIpc) is 2.78. The third kappa shape index (κ3) is 3.77. The van der Waals surface area contributed by atoms with Crippen molar-refractivity contribution in [2.24, 2.45) is 0 Å². The van der Waals surface area contributed by atoms with E-state index in [1.807, 2.05) is 0 Å². The molecule has 1 aromatic heterocycles. The average molecular weight is 416 g/mol. The van der Waals surface area contributed by atoms with Gasteiger partial charge in [-0.05, 0) is 42.5 Å². The molecule has 0 aliphatic carbocycles. The third-order valence-electron chi connectivity index (χ3n) is 4.61. The monoisotopic (exact) mass is 416 g/mol. The van der Waals surface area contributed by atoms with Crippen LogP contribution in [0, 0.1) is 20.2 Å². The van der Waals surface area contributed by atoms with Crippen molar-refractivity contribution in [2.75, 3.05) is 0 Å². The van der Waals surface area contributed by atoms with Crippen molar-refractivity contribution in [1.82, 2.24) is 9.97 Å². The first kappa shape index (κ1) is 19.6. The van der Waals surface area contributed by atoms with Gasteiger partial charge in [-0.25, -0.2) is 14.8 Å². The number of benzene rings is 3. The minimum absolute atomic E-state index is 0.0412. The molecule has 0 amide bonds. The van der Waals surface area contributed by atoms with E-state index in [1.165, 1.54) is 66.7 Å². The van der Waals surface area contributed by atoms with E-state index in [1.54, 1.807) is 0 Å². The van der Waals surface area contributed by atoms with Crippen molar-refractivity contribution >= 4 is 28.4 Å². The molecule has 0 saturated carbocycles. The Morgan fingerprint density at radius 1 is 0.710 bits per heavy atom. The van der Waals surface area contributed by atoms with E-state index < -0.39 is 15.8 Å². The molecule has 10 heteroatoms. The Kier molecular flexibility index (Phi) is 4.80. The number of aromatic nitrogens is 2. The van der Waals surface area contributed by atoms with Crippen molar-refractivity contribution in [3.63, 3.8) is 0 Å². The van der Waals surface area contributed by atoms with Crippen LogP contribution >= 0.6 is 0 Å². The number of nitro benzene ring substituents is 2. The molecule has 0 atom stereocenters. The zero-order valence-electron chi connectivity index (χ0n) is 15.6. The van der Waals surface area contributed by atoms with E-state index >= 15 is 0 Å². The first-order chi connectivity index (χ1) is 14.8. The number of carbonyl (C=O) groups is 1. The van der Waals surface area contributed by atoms with E-state index in [9.17, 15) is 30.1 Å². The number of fused-ring (bicyclic) bond motifs is 1. The van der Waals surface area contributed by atoms with Gasteiger partial charge in [-0.2, -0.15) is 0 Å². The number of hydrogen-bond donors (Lipinski definition) is 1. The molecule has 10 nitrogen and oxygen atoms in total. The molecule has 1 N–H and O–H groups in total. The molecule has 0 aliphatic heterocycles. The van der Waals surface area contributed by atoms with Crippen LogP contribution < -0.4 is 0 Å². The first-order valence-electron chi connectivity index (χ1n) is 8.88. The van der Waals surface area contributed by atoms with Gasteiger partial charge >= 0.3 is 5.97 Å². The fourth-order valence-corrected chi connectivity index (χ4v) is 3.07. The molecule has 3 aromatic carbocycles. The summed E-state index contributed by atoms with van der Waals surface area (Å²) < 4.78 is 0. The predicted molar refractivity (Wildman–Crippen MR) is 111 cm³/mol. The summed E-state index contributed by atoms with van der Waals surface area (Å²) in [5.74, 6) is -1.11. The first-order valence-corrected chi connectivity index (χ1v) is 8.88. The molecule has 0 aliphatic rings. The zero-order chi connectivity index (χ0) is 22.1. The van der Waals surface area contributed by atoms with Gasteiger partial charge in [-0.3, -0.25) is 20.2 Å². The number of nitrogens with zero attached hydrogens (tertiary/aromatic N) is 4. The largest absolute Gasteiger partial charge is 0.478 e. The van der Waals surface area contributed by atoms with Crippen molar-refractivity contribution < 1.29 is 19.7 Å². The van der Waals surface area contributed by atoms with Crippen molar-refractivity contribution in [2.45, 2.75) is 0 Å². The van der Waals surface area contributed by atoms with Crippen LogP contribution in [0.15, 0.2) is 66.7 Å². The van der Waals surface area contributed by atoms with Crippen molar-refractivity contribution in [1.29, 1.82) is 0 Å². The third-order valence-corrected chi connectivity index (χ3v) is 4.61. The van der Waals surface area contributed by atoms with Crippen LogP contribution in [0.1, 0.15) is 10.4 Å². The Bertz CT molecular complexity index is 1350. The van der Waals surface area contributed by atoms with Crippen LogP contribution in [-0.2, 0) is 0 Å². The summed E-state index contributed by atoms with van der Waals surface area (Å²) in [5, 5.41) is 31.2. The molecule has 0 unspecified atom stereocenters. The highest BCUT2D eigenvalue weighted by atomic mass is 16.6. The Balaban J connectivity index is 1.94. The second-order valence-electron chi connectivity index (χ2n) is 6.54. The van der Waals surface area contributed by atoms with E-state index in [0.29, 0.717) is 33.5 Å². The van der Waals surface area contributed by atoms with Gasteiger partial charge in [0.25, 0.3) is 11.4 Å². The molecule has 4 aromatic rings. The highest BCUT2D eigenvalue weighted by Gasteiger charge is 2.17. The molecule has 31 heavy (non-hydrogen) atoms. The highest BCUT2D eigenvalue weighted by Crippen LogP contribution is 2.33. The molecule has 0 spiro atoms. The minimum atomic E-state index is -1.11. The van der Waals surface area contributed by atoms with Crippen LogP contribution in [0.25, 0.3) is 33.5 Å². The van der Waals surface area contributed by atoms with Gasteiger partial charge < -0.3 is 5.11 Å². The van der Waals surface area contributed by atoms with Crippen molar-refractivity contribution in [3.05, 3.63) is 92.5 Å². The topological polar surface area (TPSA) is 149 Å². The number of carboxylic acids is 1. The van der Waals surface area contributed by atoms with Crippen LogP contribution in [0.5, 0.6) is 0 Å². The summed E-state index contributed by atoms with van der Waals surface area (Å²) in [6.45, 7) is 0. The van der Waals surface area contributed by atoms with Crippen LogP contribution in [0.4, 0.5) is 11.4 Å². The summed E-state index contributed by atoms with van der Waals surface area (Å²) >= 11 is 0. The molecule has 152 valence electrons. The number of carboxylic acid groups (broad SMARTS) is 1. The summed E-state index contributed by atoms with van der Waals surface area (Å²) in [5.41, 5.74) is 2.47. The lowest BCUT2D eigenvalue weighted by molar-refractivity contribution is -0.385. The van der Waals surface area contributed by atoms with Gasteiger partial charge in [0.15, 0.2) is 0 Å². The van der Waals surface area contributed by atoms with Gasteiger partial charge in [-0.15, -0.1) is 0 Å². The second kappa shape index (κ2) is 7.59. The van der Waals surface area contributed by atoms with Crippen LogP contribution in [0.2, 0.25) is 0 Å². The Labute approximate surface area is 173 Å². The number of non-ortho nitro benzene ring substituents is 2. The standard InChI is InChI=1S/C21H12N4O6/c26-21(27)14-5-10-17-18(11-14)23-20(13-3-8-16(9-4-13)25(30)31)19(22-17)12-1-6-15(7-2-12)24(28)29/h1-11H,(H,26,27). The van der Waals surface area contributed by atoms with Crippen LogP contribution in [-0.4, -0.2) is 30.9 Å². The maximum Gasteiger partial charge on any atom is 0.335 e. The molecule has 0 saturated heterocycles. The fourth-order valence-electron chi connectivity index (χ4n) is 3.07. The number of rotatable bonds is 5. The Morgan fingerprint density at radius 3 is 1.58 bits per heavy atom. The van der Waals surface area contributed by atoms with Gasteiger partial charge in [0.05, 0.1) is 37.8 Å². The predicted octanol–water partition coefficient (Wildman–Crippen LogP) is 4.48. The zero-order valence-corrected chi connectivity index (χ0v) is 15.6. The second-order valence-corrected chi connectivity index (χ2v) is 6.54. The van der Waals surface area contributed by atoms with Gasteiger partial charge in [0.2, 0.25) is 0 Å². The fraction of sp³-hybridized carbons (Fsp3) is 0. The number of aromatic carboxylic acids is 1. The van der Waals surface area contributed by atoms with E-state index in [4.69, 9.17) is 0 Å². The van der Waals surface area contributed by atoms with Gasteiger partial charge in [0, 0.05) is 35.4 Å². The molecule has 4 rings (SSSR count). The quantitative estimate of drug-likeness (QED) is 0.369. The number of hydrogen-bond acceptors (Lipinski definition) is 7. The normalized spacial score (nSPS) is 10.7. The molecular weight excluding hydrogens is 404 g/mol. The lowest BCUT2D eigenvalue weighted by Gasteiger charge is -2.11. The molecule has 0 bridgehead atoms. The maximum atomic E-state index is 11.3. The lowest BCUT2D eigenvalue weighted by Crippen LogP contribution is -2.00. The molecule has 0 fully saturated rings. The lowest BCUT2D eigenvalue weighted by atomic mass is 10.0. The van der Waals surface area contributed by atoms with Crippen molar-refractivity contribution in [3.8, 4) is 22.5 Å². The Morgan fingerprint density at radius 2 is 1.16 bits per heavy atom. The summed E-state index contributed by atoms with van der Waals surface area (Å²) in [6.07, 6.45) is 0. The van der Waals surface area contributed by atoms with E-state index in [-0.39, 0.29) is 16.9 Å². The SMILES string of the molecule is O=C(O)c1ccc2nc(-c3ccc([N+](=O)[O-])cc3)c(-c3ccc([N+](=O)[O-])cc3)nc2c1. The number of nitro groups is 2. The van der Waals surface area contributed by atoms with Gasteiger partial charge in [-0.1, -0.05) is 0 Å². The highest BCUT2D eigenvalue weighted by molar-refractivity contribution is 5.94. The Hall–Kier alpha value is -4.73. The maximum absolute atomic E-state index is 11.3. The van der Waals surface area contributed by atoms with E-state index in [0.717, 1.165) is 0 Å². The summed E-state index contributed by atoms with van der Waals surface area (Å²) in [7, 11) is 0. The minimum Gasteiger partial charge on any atom is -0.478 e. The summed E-state index contributed by atoms with van der Waals surface area (Å²) in [4.78, 5) is 41.4. The smallest absolute Gasteiger partial charge is 0.335 e. The molecule has 0 radical (unpaired) electrons. The molecule has 1 heterocycles. The van der Waals surface area contributed by atoms with Gasteiger partial charge in [0.1, 0.15) is 0 Å². The molecular formula is C21H12N4O6. The van der Waals surface area contributed by atoms with Crippen LogP contribution in [0.3, 0.4) is 0 Å².